The summed E-state index contributed by atoms with van der Waals surface area (Å²) in [5.74, 6) is -0.768. The number of hydrogen-bond donors (Lipinski definition) is 3. The van der Waals surface area contributed by atoms with Crippen molar-refractivity contribution in [2.45, 2.75) is 58.4 Å². The van der Waals surface area contributed by atoms with E-state index in [1.165, 1.54) is 0 Å². The lowest BCUT2D eigenvalue weighted by Crippen LogP contribution is -2.43. The predicted molar refractivity (Wildman–Crippen MR) is 69.4 cm³/mol. The molecule has 1 saturated carbocycles. The Morgan fingerprint density at radius 1 is 1.28 bits per heavy atom. The number of aliphatic carboxylic acids is 1. The second-order valence-corrected chi connectivity index (χ2v) is 6.25. The molecule has 5 heteroatoms. The standard InChI is InChI=1S/C13H24N2O3/c1-12(2,5-4-10(16)17)8-9-14-11(18)15-13(3)6-7-13/h4-9H2,1-3H3,(H,16,17)(H2,14,15,18). The average Bonchev–Trinajstić information content (AvgIpc) is 2.93. The summed E-state index contributed by atoms with van der Waals surface area (Å²) >= 11 is 0. The molecule has 0 aromatic rings. The van der Waals surface area contributed by atoms with Crippen LogP contribution in [0, 0.1) is 5.41 Å². The molecule has 3 N–H and O–H groups in total. The van der Waals surface area contributed by atoms with Crippen LogP contribution in [0.25, 0.3) is 0 Å². The van der Waals surface area contributed by atoms with Crippen LogP contribution in [0.1, 0.15) is 52.9 Å². The van der Waals surface area contributed by atoms with Gasteiger partial charge in [0.25, 0.3) is 0 Å². The number of carbonyl (C=O) groups excluding carboxylic acids is 1. The second kappa shape index (κ2) is 5.59. The predicted octanol–water partition coefficient (Wildman–Crippen LogP) is 2.12. The van der Waals surface area contributed by atoms with Crippen molar-refractivity contribution in [1.29, 1.82) is 0 Å². The molecule has 0 spiro atoms. The quantitative estimate of drug-likeness (QED) is 0.653. The maximum atomic E-state index is 11.5. The van der Waals surface area contributed by atoms with E-state index < -0.39 is 5.97 Å². The minimum atomic E-state index is -0.768. The van der Waals surface area contributed by atoms with Gasteiger partial charge in [0.15, 0.2) is 0 Å². The molecule has 1 aliphatic carbocycles. The Hall–Kier alpha value is -1.26. The molecule has 0 atom stereocenters. The van der Waals surface area contributed by atoms with Crippen molar-refractivity contribution in [3.8, 4) is 0 Å². The Balaban J connectivity index is 2.15. The summed E-state index contributed by atoms with van der Waals surface area (Å²) in [5, 5.41) is 14.4. The lowest BCUT2D eigenvalue weighted by molar-refractivity contribution is -0.137. The van der Waals surface area contributed by atoms with E-state index in [0.29, 0.717) is 13.0 Å². The summed E-state index contributed by atoms with van der Waals surface area (Å²) in [4.78, 5) is 22.0. The zero-order valence-corrected chi connectivity index (χ0v) is 11.5. The monoisotopic (exact) mass is 256 g/mol. The van der Waals surface area contributed by atoms with Crippen LogP contribution in [0.3, 0.4) is 0 Å². The molecule has 18 heavy (non-hydrogen) atoms. The smallest absolute Gasteiger partial charge is 0.315 e. The molecule has 0 bridgehead atoms. The van der Waals surface area contributed by atoms with Crippen molar-refractivity contribution in [2.24, 2.45) is 5.41 Å². The van der Waals surface area contributed by atoms with Gasteiger partial charge in [0, 0.05) is 18.5 Å². The van der Waals surface area contributed by atoms with Crippen LogP contribution in [0.4, 0.5) is 4.79 Å². The van der Waals surface area contributed by atoms with Gasteiger partial charge in [0.05, 0.1) is 0 Å². The summed E-state index contributed by atoms with van der Waals surface area (Å²) in [6, 6.07) is -0.121. The van der Waals surface area contributed by atoms with Gasteiger partial charge in [0.1, 0.15) is 0 Å². The van der Waals surface area contributed by atoms with Gasteiger partial charge in [-0.05, 0) is 38.0 Å². The van der Waals surface area contributed by atoms with Gasteiger partial charge in [-0.2, -0.15) is 0 Å². The van der Waals surface area contributed by atoms with E-state index in [4.69, 9.17) is 5.11 Å². The maximum Gasteiger partial charge on any atom is 0.315 e. The molecule has 0 heterocycles. The summed E-state index contributed by atoms with van der Waals surface area (Å²) in [7, 11) is 0. The van der Waals surface area contributed by atoms with Crippen molar-refractivity contribution in [2.75, 3.05) is 6.54 Å². The third kappa shape index (κ3) is 5.89. The topological polar surface area (TPSA) is 78.4 Å². The zero-order valence-electron chi connectivity index (χ0n) is 11.5. The lowest BCUT2D eigenvalue weighted by Gasteiger charge is -2.24. The number of carboxylic acids is 1. The number of urea groups is 1. The molecule has 0 saturated heterocycles. The van der Waals surface area contributed by atoms with E-state index in [1.807, 2.05) is 20.8 Å². The third-order valence-corrected chi connectivity index (χ3v) is 3.52. The minimum absolute atomic E-state index is 0.00289. The van der Waals surface area contributed by atoms with Crippen LogP contribution in [0.15, 0.2) is 0 Å². The molecular weight excluding hydrogens is 232 g/mol. The van der Waals surface area contributed by atoms with Crippen molar-refractivity contribution in [3.05, 3.63) is 0 Å². The highest BCUT2D eigenvalue weighted by Gasteiger charge is 2.38. The number of amides is 2. The summed E-state index contributed by atoms with van der Waals surface area (Å²) in [5.41, 5.74) is -0.0575. The first-order chi connectivity index (χ1) is 8.22. The van der Waals surface area contributed by atoms with Crippen LogP contribution in [0.2, 0.25) is 0 Å². The highest BCUT2D eigenvalue weighted by atomic mass is 16.4. The fraction of sp³-hybridized carbons (Fsp3) is 0.846. The van der Waals surface area contributed by atoms with Crippen molar-refractivity contribution >= 4 is 12.0 Å². The molecule has 0 unspecified atom stereocenters. The summed E-state index contributed by atoms with van der Waals surface area (Å²) in [6.45, 7) is 6.66. The Morgan fingerprint density at radius 2 is 1.89 bits per heavy atom. The van der Waals surface area contributed by atoms with E-state index in [-0.39, 0.29) is 23.4 Å². The van der Waals surface area contributed by atoms with Crippen molar-refractivity contribution in [3.63, 3.8) is 0 Å². The summed E-state index contributed by atoms with van der Waals surface area (Å²) in [6.07, 6.45) is 3.68. The minimum Gasteiger partial charge on any atom is -0.481 e. The van der Waals surface area contributed by atoms with Crippen LogP contribution in [-0.2, 0) is 4.79 Å². The SMILES string of the molecule is CC(C)(CCNC(=O)NC1(C)CC1)CCC(=O)O. The van der Waals surface area contributed by atoms with Gasteiger partial charge >= 0.3 is 12.0 Å². The van der Waals surface area contributed by atoms with Crippen LogP contribution in [-0.4, -0.2) is 29.2 Å². The average molecular weight is 256 g/mol. The molecule has 1 aliphatic rings. The molecule has 104 valence electrons. The first-order valence-corrected chi connectivity index (χ1v) is 6.50. The van der Waals surface area contributed by atoms with Gasteiger partial charge in [-0.15, -0.1) is 0 Å². The maximum absolute atomic E-state index is 11.5. The zero-order chi connectivity index (χ0) is 13.8. The molecule has 0 radical (unpaired) electrons. The van der Waals surface area contributed by atoms with E-state index in [9.17, 15) is 9.59 Å². The van der Waals surface area contributed by atoms with Gasteiger partial charge in [0.2, 0.25) is 0 Å². The van der Waals surface area contributed by atoms with Gasteiger partial charge in [-0.1, -0.05) is 13.8 Å². The Labute approximate surface area is 108 Å². The number of hydrogen-bond acceptors (Lipinski definition) is 2. The van der Waals surface area contributed by atoms with E-state index >= 15 is 0 Å². The molecule has 0 aromatic heterocycles. The largest absolute Gasteiger partial charge is 0.481 e. The Kier molecular flexibility index (Phi) is 4.59. The van der Waals surface area contributed by atoms with E-state index in [0.717, 1.165) is 19.3 Å². The number of rotatable bonds is 7. The molecule has 1 fully saturated rings. The van der Waals surface area contributed by atoms with E-state index in [2.05, 4.69) is 10.6 Å². The third-order valence-electron chi connectivity index (χ3n) is 3.52. The summed E-state index contributed by atoms with van der Waals surface area (Å²) < 4.78 is 0. The van der Waals surface area contributed by atoms with Crippen LogP contribution < -0.4 is 10.6 Å². The number of carbonyl (C=O) groups is 2. The fourth-order valence-corrected chi connectivity index (χ4v) is 1.72. The number of carboxylic acid groups (broad SMARTS) is 1. The lowest BCUT2D eigenvalue weighted by atomic mass is 9.84. The fourth-order valence-electron chi connectivity index (χ4n) is 1.72. The van der Waals surface area contributed by atoms with E-state index in [1.54, 1.807) is 0 Å². The normalized spacial score (nSPS) is 17.1. The van der Waals surface area contributed by atoms with Crippen molar-refractivity contribution in [1.82, 2.24) is 10.6 Å². The first-order valence-electron chi connectivity index (χ1n) is 6.50. The molecule has 0 aliphatic heterocycles. The van der Waals surface area contributed by atoms with Crippen LogP contribution >= 0.6 is 0 Å². The van der Waals surface area contributed by atoms with Gasteiger partial charge in [-0.3, -0.25) is 4.79 Å². The van der Waals surface area contributed by atoms with Crippen LogP contribution in [0.5, 0.6) is 0 Å². The van der Waals surface area contributed by atoms with Gasteiger partial charge < -0.3 is 15.7 Å². The Bertz CT molecular complexity index is 322. The van der Waals surface area contributed by atoms with Gasteiger partial charge in [-0.25, -0.2) is 4.79 Å². The van der Waals surface area contributed by atoms with Crippen molar-refractivity contribution < 1.29 is 14.7 Å². The second-order valence-electron chi connectivity index (χ2n) is 6.25. The molecule has 2 amide bonds. The molecule has 0 aromatic carbocycles. The first kappa shape index (κ1) is 14.8. The molecular formula is C13H24N2O3. The number of nitrogens with one attached hydrogen (secondary N) is 2. The Morgan fingerprint density at radius 3 is 2.39 bits per heavy atom. The highest BCUT2D eigenvalue weighted by molar-refractivity contribution is 5.75. The highest BCUT2D eigenvalue weighted by Crippen LogP contribution is 2.34. The molecule has 1 rings (SSSR count). The molecule has 5 nitrogen and oxygen atoms in total.